The number of nitrogens with zero attached hydrogens (tertiary/aromatic N) is 2. The zero-order chi connectivity index (χ0) is 9.80. The van der Waals surface area contributed by atoms with Crippen molar-refractivity contribution >= 4 is 0 Å². The molecule has 65 valence electrons. The molecule has 0 aliphatic carbocycles. The second kappa shape index (κ2) is 3.71. The highest BCUT2D eigenvalue weighted by atomic mass is 14.7. The van der Waals surface area contributed by atoms with Gasteiger partial charge in [0.05, 0.1) is 17.3 Å². The SMILES string of the molecule is N#Cc1ccnc(-c2c[c]ccc2)c1. The van der Waals surface area contributed by atoms with Crippen molar-refractivity contribution in [2.75, 3.05) is 0 Å². The van der Waals surface area contributed by atoms with Crippen LogP contribution in [0.25, 0.3) is 11.3 Å². The molecule has 1 radical (unpaired) electrons. The fourth-order valence-corrected chi connectivity index (χ4v) is 1.21. The van der Waals surface area contributed by atoms with Crippen LogP contribution < -0.4 is 0 Å². The lowest BCUT2D eigenvalue weighted by Gasteiger charge is -1.99. The van der Waals surface area contributed by atoms with Crippen LogP contribution in [0, 0.1) is 17.4 Å². The van der Waals surface area contributed by atoms with E-state index >= 15 is 0 Å². The Kier molecular flexibility index (Phi) is 2.24. The van der Waals surface area contributed by atoms with E-state index in [1.54, 1.807) is 18.3 Å². The molecule has 0 N–H and O–H groups in total. The Morgan fingerprint density at radius 3 is 3.00 bits per heavy atom. The topological polar surface area (TPSA) is 36.7 Å². The van der Waals surface area contributed by atoms with Crippen molar-refractivity contribution in [1.29, 1.82) is 5.26 Å². The second-order valence-corrected chi connectivity index (χ2v) is 2.83. The average Bonchev–Trinajstić information content (AvgIpc) is 2.30. The first-order valence-electron chi connectivity index (χ1n) is 4.23. The van der Waals surface area contributed by atoms with Crippen molar-refractivity contribution in [2.45, 2.75) is 0 Å². The Hall–Kier alpha value is -2.14. The third-order valence-electron chi connectivity index (χ3n) is 1.89. The van der Waals surface area contributed by atoms with E-state index in [4.69, 9.17) is 5.26 Å². The van der Waals surface area contributed by atoms with Gasteiger partial charge in [-0.1, -0.05) is 18.2 Å². The summed E-state index contributed by atoms with van der Waals surface area (Å²) in [6, 6.07) is 16.0. The van der Waals surface area contributed by atoms with Gasteiger partial charge in [-0.05, 0) is 24.3 Å². The third-order valence-corrected chi connectivity index (χ3v) is 1.89. The molecule has 2 rings (SSSR count). The van der Waals surface area contributed by atoms with Crippen LogP contribution in [0.4, 0.5) is 0 Å². The first-order valence-corrected chi connectivity index (χ1v) is 4.23. The molecule has 0 bridgehead atoms. The minimum Gasteiger partial charge on any atom is -0.256 e. The van der Waals surface area contributed by atoms with E-state index in [9.17, 15) is 0 Å². The smallest absolute Gasteiger partial charge is 0.0992 e. The lowest BCUT2D eigenvalue weighted by Crippen LogP contribution is -1.83. The summed E-state index contributed by atoms with van der Waals surface area (Å²) < 4.78 is 0. The summed E-state index contributed by atoms with van der Waals surface area (Å²) >= 11 is 0. The maximum atomic E-state index is 8.72. The summed E-state index contributed by atoms with van der Waals surface area (Å²) in [7, 11) is 0. The fraction of sp³-hybridized carbons (Fsp3) is 0. The first-order chi connectivity index (χ1) is 6.90. The van der Waals surface area contributed by atoms with Gasteiger partial charge in [0, 0.05) is 11.8 Å². The Balaban J connectivity index is 2.49. The maximum absolute atomic E-state index is 8.72. The highest BCUT2D eigenvalue weighted by Crippen LogP contribution is 2.16. The molecule has 0 fully saturated rings. The van der Waals surface area contributed by atoms with E-state index in [0.29, 0.717) is 5.56 Å². The van der Waals surface area contributed by atoms with Crippen molar-refractivity contribution in [2.24, 2.45) is 0 Å². The van der Waals surface area contributed by atoms with E-state index in [-0.39, 0.29) is 0 Å². The van der Waals surface area contributed by atoms with Gasteiger partial charge in [-0.3, -0.25) is 4.98 Å². The zero-order valence-electron chi connectivity index (χ0n) is 7.44. The molecule has 0 aliphatic rings. The Bertz CT molecular complexity index is 469. The molecule has 1 aromatic heterocycles. The van der Waals surface area contributed by atoms with Crippen LogP contribution in [0.15, 0.2) is 42.6 Å². The second-order valence-electron chi connectivity index (χ2n) is 2.83. The number of benzene rings is 1. The summed E-state index contributed by atoms with van der Waals surface area (Å²) in [5.41, 5.74) is 2.41. The van der Waals surface area contributed by atoms with Gasteiger partial charge >= 0.3 is 0 Å². The molecule has 1 aromatic carbocycles. The van der Waals surface area contributed by atoms with E-state index in [2.05, 4.69) is 17.1 Å². The van der Waals surface area contributed by atoms with E-state index in [0.717, 1.165) is 11.3 Å². The Labute approximate surface area is 82.5 Å². The van der Waals surface area contributed by atoms with Crippen LogP contribution in [0.5, 0.6) is 0 Å². The van der Waals surface area contributed by atoms with Crippen molar-refractivity contribution in [1.82, 2.24) is 4.98 Å². The number of hydrogen-bond acceptors (Lipinski definition) is 2. The van der Waals surface area contributed by atoms with Gasteiger partial charge in [0.1, 0.15) is 0 Å². The van der Waals surface area contributed by atoms with Gasteiger partial charge in [0.25, 0.3) is 0 Å². The molecule has 0 aliphatic heterocycles. The maximum Gasteiger partial charge on any atom is 0.0992 e. The lowest BCUT2D eigenvalue weighted by atomic mass is 10.1. The molecule has 2 heteroatoms. The fourth-order valence-electron chi connectivity index (χ4n) is 1.21. The number of pyridine rings is 1. The predicted octanol–water partition coefficient (Wildman–Crippen LogP) is 2.42. The molecule has 14 heavy (non-hydrogen) atoms. The molecule has 0 atom stereocenters. The molecule has 2 aromatic rings. The van der Waals surface area contributed by atoms with Gasteiger partial charge in [-0.2, -0.15) is 5.26 Å². The van der Waals surface area contributed by atoms with Gasteiger partial charge < -0.3 is 0 Å². The quantitative estimate of drug-likeness (QED) is 0.674. The number of nitriles is 1. The number of aromatic nitrogens is 1. The van der Waals surface area contributed by atoms with Crippen LogP contribution in [-0.2, 0) is 0 Å². The minimum absolute atomic E-state index is 0.624. The summed E-state index contributed by atoms with van der Waals surface area (Å²) in [6.07, 6.45) is 1.64. The van der Waals surface area contributed by atoms with Crippen molar-refractivity contribution in [3.05, 3.63) is 54.2 Å². The van der Waals surface area contributed by atoms with Crippen LogP contribution in [0.3, 0.4) is 0 Å². The summed E-state index contributed by atoms with van der Waals surface area (Å²) in [6.45, 7) is 0. The molecule has 0 saturated carbocycles. The van der Waals surface area contributed by atoms with E-state index < -0.39 is 0 Å². The van der Waals surface area contributed by atoms with Crippen LogP contribution >= 0.6 is 0 Å². The van der Waals surface area contributed by atoms with E-state index in [1.807, 2.05) is 24.3 Å². The molecule has 0 unspecified atom stereocenters. The van der Waals surface area contributed by atoms with Crippen LogP contribution in [0.2, 0.25) is 0 Å². The number of rotatable bonds is 1. The summed E-state index contributed by atoms with van der Waals surface area (Å²) in [4.78, 5) is 4.19. The van der Waals surface area contributed by atoms with Gasteiger partial charge in [-0.25, -0.2) is 0 Å². The average molecular weight is 179 g/mol. The highest BCUT2D eigenvalue weighted by Gasteiger charge is 1.98. The third kappa shape index (κ3) is 1.62. The van der Waals surface area contributed by atoms with Gasteiger partial charge in [0.15, 0.2) is 0 Å². The minimum atomic E-state index is 0.624. The largest absolute Gasteiger partial charge is 0.256 e. The van der Waals surface area contributed by atoms with Crippen molar-refractivity contribution in [3.8, 4) is 17.3 Å². The van der Waals surface area contributed by atoms with Gasteiger partial charge in [-0.15, -0.1) is 0 Å². The molecule has 0 spiro atoms. The predicted molar refractivity (Wildman–Crippen MR) is 53.2 cm³/mol. The standard InChI is InChI=1S/C12H7N2/c13-9-10-6-7-14-12(8-10)11-4-2-1-3-5-11/h1-2,4-8H. The van der Waals surface area contributed by atoms with Crippen molar-refractivity contribution < 1.29 is 0 Å². The summed E-state index contributed by atoms with van der Waals surface area (Å²) in [5, 5.41) is 8.72. The number of hydrogen-bond donors (Lipinski definition) is 0. The lowest BCUT2D eigenvalue weighted by molar-refractivity contribution is 1.31. The molecular formula is C12H7N2. The van der Waals surface area contributed by atoms with Crippen molar-refractivity contribution in [3.63, 3.8) is 0 Å². The molecule has 0 saturated heterocycles. The van der Waals surface area contributed by atoms with Crippen LogP contribution in [0.1, 0.15) is 5.56 Å². The highest BCUT2D eigenvalue weighted by molar-refractivity contribution is 5.60. The Morgan fingerprint density at radius 2 is 2.29 bits per heavy atom. The Morgan fingerprint density at radius 1 is 1.36 bits per heavy atom. The normalized spacial score (nSPS) is 9.36. The summed E-state index contributed by atoms with van der Waals surface area (Å²) in [5.74, 6) is 0. The van der Waals surface area contributed by atoms with E-state index in [1.165, 1.54) is 0 Å². The first kappa shape index (κ1) is 8.46. The molecule has 0 amide bonds. The molecular weight excluding hydrogens is 172 g/mol. The molecule has 1 heterocycles. The monoisotopic (exact) mass is 179 g/mol. The van der Waals surface area contributed by atoms with Crippen LogP contribution in [-0.4, -0.2) is 4.98 Å². The molecule has 2 nitrogen and oxygen atoms in total. The van der Waals surface area contributed by atoms with Gasteiger partial charge in [0.2, 0.25) is 0 Å². The zero-order valence-corrected chi connectivity index (χ0v) is 7.44.